The largest absolute Gasteiger partial charge is 0.432 e. The fourth-order valence-electron chi connectivity index (χ4n) is 2.89. The normalized spacial score (nSPS) is 18.0. The summed E-state index contributed by atoms with van der Waals surface area (Å²) in [6.45, 7) is 1.54. The van der Waals surface area contributed by atoms with E-state index in [1.807, 2.05) is 11.0 Å². The highest BCUT2D eigenvalue weighted by Crippen LogP contribution is 2.24. The van der Waals surface area contributed by atoms with E-state index in [4.69, 9.17) is 21.3 Å². The number of aromatic amines is 1. The number of nitrogens with one attached hydrogen (secondary N) is 3. The first-order chi connectivity index (χ1) is 14.3. The highest BCUT2D eigenvalue weighted by molar-refractivity contribution is 5.99. The minimum absolute atomic E-state index is 0.201. The minimum Gasteiger partial charge on any atom is -0.404 e. The van der Waals surface area contributed by atoms with Crippen molar-refractivity contribution in [2.24, 2.45) is 5.73 Å². The maximum Gasteiger partial charge on any atom is 0.432 e. The van der Waals surface area contributed by atoms with Crippen LogP contribution in [0.5, 0.6) is 0 Å². The van der Waals surface area contributed by atoms with E-state index in [2.05, 4.69) is 15.0 Å². The molecule has 0 amide bonds. The van der Waals surface area contributed by atoms with Crippen molar-refractivity contribution in [1.29, 1.82) is 10.8 Å². The molecule has 2 aromatic heterocycles. The molecule has 5 N–H and O–H groups in total. The molecule has 1 saturated heterocycles. The van der Waals surface area contributed by atoms with Gasteiger partial charge in [0.15, 0.2) is 0 Å². The van der Waals surface area contributed by atoms with Crippen LogP contribution in [0.4, 0.5) is 19.0 Å². The topological polar surface area (TPSA) is 128 Å². The molecule has 3 rings (SSSR count). The molecule has 11 heteroatoms. The van der Waals surface area contributed by atoms with Crippen LogP contribution in [0.25, 0.3) is 17.3 Å². The molecule has 1 aliphatic rings. The van der Waals surface area contributed by atoms with Crippen LogP contribution in [0.1, 0.15) is 5.82 Å². The summed E-state index contributed by atoms with van der Waals surface area (Å²) < 4.78 is 42.9. The number of H-pyrrole nitrogens is 1. The number of allylic oxidation sites excluding steroid dienone is 1. The summed E-state index contributed by atoms with van der Waals surface area (Å²) in [7, 11) is 0. The van der Waals surface area contributed by atoms with E-state index in [1.54, 1.807) is 12.3 Å². The van der Waals surface area contributed by atoms with Gasteiger partial charge in [0.1, 0.15) is 23.5 Å². The van der Waals surface area contributed by atoms with Gasteiger partial charge in [-0.05, 0) is 24.3 Å². The zero-order chi connectivity index (χ0) is 21.7. The molecule has 0 radical (unpaired) electrons. The van der Waals surface area contributed by atoms with Gasteiger partial charge in [-0.2, -0.15) is 13.2 Å². The third kappa shape index (κ3) is 4.92. The van der Waals surface area contributed by atoms with Gasteiger partial charge < -0.3 is 25.8 Å². The summed E-state index contributed by atoms with van der Waals surface area (Å²) in [4.78, 5) is 13.4. The predicted molar refractivity (Wildman–Crippen MR) is 108 cm³/mol. The Bertz CT molecular complexity index is 981. The Morgan fingerprint density at radius 1 is 1.37 bits per heavy atom. The molecular formula is C19H20F3N7O. The number of hydrogen-bond acceptors (Lipinski definition) is 7. The Kier molecular flexibility index (Phi) is 6.31. The number of nitrogens with zero attached hydrogens (tertiary/aromatic N) is 3. The summed E-state index contributed by atoms with van der Waals surface area (Å²) in [5, 5.41) is 14.4. The third-order valence-electron chi connectivity index (χ3n) is 4.49. The van der Waals surface area contributed by atoms with E-state index in [-0.39, 0.29) is 11.9 Å². The molecule has 3 heterocycles. The summed E-state index contributed by atoms with van der Waals surface area (Å²) in [5.41, 5.74) is 6.02. The number of alkyl halides is 3. The molecule has 0 aromatic carbocycles. The van der Waals surface area contributed by atoms with Crippen LogP contribution in [0, 0.1) is 10.8 Å². The summed E-state index contributed by atoms with van der Waals surface area (Å²) in [5.74, 6) is 0.889. The molecule has 0 bridgehead atoms. The molecule has 2 aromatic rings. The van der Waals surface area contributed by atoms with Crippen molar-refractivity contribution in [3.63, 3.8) is 0 Å². The van der Waals surface area contributed by atoms with Crippen LogP contribution < -0.4 is 10.6 Å². The fraction of sp³-hybridized carbons (Fsp3) is 0.263. The van der Waals surface area contributed by atoms with Gasteiger partial charge in [-0.15, -0.1) is 0 Å². The van der Waals surface area contributed by atoms with Crippen molar-refractivity contribution in [3.05, 3.63) is 48.2 Å². The van der Waals surface area contributed by atoms with E-state index in [1.165, 1.54) is 12.4 Å². The Morgan fingerprint density at radius 2 is 2.17 bits per heavy atom. The molecule has 1 unspecified atom stereocenters. The molecule has 0 saturated carbocycles. The number of rotatable bonds is 6. The van der Waals surface area contributed by atoms with E-state index in [0.717, 1.165) is 17.9 Å². The van der Waals surface area contributed by atoms with Gasteiger partial charge in [0, 0.05) is 42.8 Å². The molecule has 1 fully saturated rings. The molecule has 158 valence electrons. The molecule has 8 nitrogen and oxygen atoms in total. The second-order valence-corrected chi connectivity index (χ2v) is 6.45. The SMILES string of the molecule is N=C/C(=C\N)C1CN(c2cc(-c3cnc(/C=C\C(=N)C(F)(F)F)[nH]3)ccn2)CCO1. The number of pyridine rings is 1. The quantitative estimate of drug-likeness (QED) is 0.536. The lowest BCUT2D eigenvalue weighted by Gasteiger charge is -2.34. The summed E-state index contributed by atoms with van der Waals surface area (Å²) >= 11 is 0. The number of nitrogens with two attached hydrogens (primary N) is 1. The summed E-state index contributed by atoms with van der Waals surface area (Å²) in [6.07, 6.45) is 2.37. The lowest BCUT2D eigenvalue weighted by Crippen LogP contribution is -2.44. The van der Waals surface area contributed by atoms with Crippen LogP contribution in [-0.4, -0.2) is 58.9 Å². The number of halogens is 3. The smallest absolute Gasteiger partial charge is 0.404 e. The Balaban J connectivity index is 1.76. The van der Waals surface area contributed by atoms with E-state index in [9.17, 15) is 13.2 Å². The van der Waals surface area contributed by atoms with Crippen molar-refractivity contribution in [3.8, 4) is 11.3 Å². The first kappa shape index (κ1) is 21.2. The van der Waals surface area contributed by atoms with Gasteiger partial charge in [0.05, 0.1) is 18.5 Å². The average molecular weight is 419 g/mol. The van der Waals surface area contributed by atoms with Crippen molar-refractivity contribution < 1.29 is 17.9 Å². The summed E-state index contributed by atoms with van der Waals surface area (Å²) in [6, 6.07) is 3.58. The van der Waals surface area contributed by atoms with Crippen LogP contribution in [0.15, 0.2) is 42.4 Å². The lowest BCUT2D eigenvalue weighted by atomic mass is 10.1. The van der Waals surface area contributed by atoms with E-state index in [0.29, 0.717) is 42.9 Å². The third-order valence-corrected chi connectivity index (χ3v) is 4.49. The van der Waals surface area contributed by atoms with E-state index < -0.39 is 11.9 Å². The Morgan fingerprint density at radius 3 is 2.87 bits per heavy atom. The number of anilines is 1. The first-order valence-corrected chi connectivity index (χ1v) is 8.96. The van der Waals surface area contributed by atoms with Gasteiger partial charge in [-0.25, -0.2) is 9.97 Å². The predicted octanol–water partition coefficient (Wildman–Crippen LogP) is 2.76. The highest BCUT2D eigenvalue weighted by atomic mass is 19.4. The van der Waals surface area contributed by atoms with Crippen LogP contribution in [0.2, 0.25) is 0 Å². The van der Waals surface area contributed by atoms with Gasteiger partial charge in [-0.1, -0.05) is 0 Å². The van der Waals surface area contributed by atoms with Crippen LogP contribution in [-0.2, 0) is 4.74 Å². The first-order valence-electron chi connectivity index (χ1n) is 8.96. The van der Waals surface area contributed by atoms with Crippen molar-refractivity contribution >= 4 is 23.8 Å². The second kappa shape index (κ2) is 8.91. The van der Waals surface area contributed by atoms with E-state index >= 15 is 0 Å². The molecule has 0 spiro atoms. The zero-order valence-corrected chi connectivity index (χ0v) is 15.8. The number of aromatic nitrogens is 3. The number of ether oxygens (including phenoxy) is 1. The van der Waals surface area contributed by atoms with Gasteiger partial charge >= 0.3 is 6.18 Å². The van der Waals surface area contributed by atoms with Crippen molar-refractivity contribution in [2.75, 3.05) is 24.6 Å². The zero-order valence-electron chi connectivity index (χ0n) is 15.8. The minimum atomic E-state index is -4.70. The van der Waals surface area contributed by atoms with Crippen LogP contribution >= 0.6 is 0 Å². The maximum atomic E-state index is 12.4. The maximum absolute atomic E-state index is 12.4. The van der Waals surface area contributed by atoms with Gasteiger partial charge in [-0.3, -0.25) is 5.41 Å². The van der Waals surface area contributed by atoms with Gasteiger partial charge in [0.25, 0.3) is 0 Å². The van der Waals surface area contributed by atoms with Gasteiger partial charge in [0.2, 0.25) is 0 Å². The molecule has 1 aliphatic heterocycles. The number of hydrogen-bond donors (Lipinski definition) is 4. The molecule has 30 heavy (non-hydrogen) atoms. The average Bonchev–Trinajstić information content (AvgIpc) is 3.22. The standard InChI is InChI=1S/C19H20F3N7O/c20-19(21,22)16(25)1-2-17-27-10-14(28-17)12-3-4-26-18(7-12)29-5-6-30-15(11-29)13(8-23)9-24/h1-4,7-10,15,23,25H,5-6,11,24H2,(H,27,28)/b2-1-,13-9+,23-8?,25-16?. The van der Waals surface area contributed by atoms with Crippen molar-refractivity contribution in [2.45, 2.75) is 12.3 Å². The molecular weight excluding hydrogens is 399 g/mol. The highest BCUT2D eigenvalue weighted by Gasteiger charge is 2.32. The number of morpholine rings is 1. The Labute approximate surface area is 170 Å². The van der Waals surface area contributed by atoms with Crippen LogP contribution in [0.3, 0.4) is 0 Å². The molecule has 0 aliphatic carbocycles. The fourth-order valence-corrected chi connectivity index (χ4v) is 2.89. The monoisotopic (exact) mass is 419 g/mol. The number of imidazole rings is 1. The molecule has 1 atom stereocenters. The second-order valence-electron chi connectivity index (χ2n) is 6.45. The Hall–Kier alpha value is -3.47. The lowest BCUT2D eigenvalue weighted by molar-refractivity contribution is -0.0583. The van der Waals surface area contributed by atoms with Crippen molar-refractivity contribution in [1.82, 2.24) is 15.0 Å².